The number of hydrogen-bond acceptors (Lipinski definition) is 4. The molecule has 1 aromatic heterocycles. The molecule has 0 radical (unpaired) electrons. The second kappa shape index (κ2) is 6.61. The number of aromatic nitrogens is 2. The molecular formula is C14H22N4O. The number of hydrogen-bond donors (Lipinski definition) is 1. The van der Waals surface area contributed by atoms with Gasteiger partial charge in [-0.25, -0.2) is 9.97 Å². The first kappa shape index (κ1) is 13.9. The van der Waals surface area contributed by atoms with Gasteiger partial charge in [-0.15, -0.1) is 0 Å². The minimum absolute atomic E-state index is 0.0922. The van der Waals surface area contributed by atoms with Gasteiger partial charge in [0, 0.05) is 25.0 Å². The van der Waals surface area contributed by atoms with Crippen molar-refractivity contribution in [3.05, 3.63) is 24.3 Å². The summed E-state index contributed by atoms with van der Waals surface area (Å²) in [4.78, 5) is 22.2. The standard InChI is InChI=1S/C14H22N4O/c1-11(2)13(18-5-3-4-6-18)9-17-14(19)12-7-15-10-16-8-12/h7-8,10-11,13H,3-6,9H2,1-2H3,(H,17,19). The van der Waals surface area contributed by atoms with Crippen LogP contribution in [0.5, 0.6) is 0 Å². The van der Waals surface area contributed by atoms with Crippen molar-refractivity contribution in [2.45, 2.75) is 32.7 Å². The lowest BCUT2D eigenvalue weighted by Gasteiger charge is -2.30. The van der Waals surface area contributed by atoms with Gasteiger partial charge in [-0.05, 0) is 31.8 Å². The van der Waals surface area contributed by atoms with Gasteiger partial charge in [0.2, 0.25) is 0 Å². The van der Waals surface area contributed by atoms with Crippen LogP contribution in [0.25, 0.3) is 0 Å². The molecule has 0 aromatic carbocycles. The van der Waals surface area contributed by atoms with E-state index in [1.165, 1.54) is 19.2 Å². The van der Waals surface area contributed by atoms with Crippen LogP contribution in [0.15, 0.2) is 18.7 Å². The molecule has 19 heavy (non-hydrogen) atoms. The van der Waals surface area contributed by atoms with Gasteiger partial charge in [-0.2, -0.15) is 0 Å². The van der Waals surface area contributed by atoms with Gasteiger partial charge >= 0.3 is 0 Å². The highest BCUT2D eigenvalue weighted by Crippen LogP contribution is 2.17. The first-order valence-electron chi connectivity index (χ1n) is 6.95. The smallest absolute Gasteiger partial charge is 0.254 e. The van der Waals surface area contributed by atoms with E-state index in [0.29, 0.717) is 24.1 Å². The molecule has 1 fully saturated rings. The summed E-state index contributed by atoms with van der Waals surface area (Å²) in [5.74, 6) is 0.441. The Labute approximate surface area is 114 Å². The molecule has 1 saturated heterocycles. The molecule has 0 spiro atoms. The summed E-state index contributed by atoms with van der Waals surface area (Å²) in [6.07, 6.45) is 7.05. The highest BCUT2D eigenvalue weighted by molar-refractivity contribution is 5.93. The van der Waals surface area contributed by atoms with Crippen molar-refractivity contribution in [1.29, 1.82) is 0 Å². The summed E-state index contributed by atoms with van der Waals surface area (Å²) >= 11 is 0. The maximum Gasteiger partial charge on any atom is 0.254 e. The highest BCUT2D eigenvalue weighted by atomic mass is 16.1. The van der Waals surface area contributed by atoms with E-state index >= 15 is 0 Å². The molecule has 1 N–H and O–H groups in total. The van der Waals surface area contributed by atoms with E-state index < -0.39 is 0 Å². The van der Waals surface area contributed by atoms with Gasteiger partial charge in [0.1, 0.15) is 6.33 Å². The minimum atomic E-state index is -0.0922. The Kier molecular flexibility index (Phi) is 4.85. The zero-order valence-corrected chi connectivity index (χ0v) is 11.7. The molecule has 1 aliphatic rings. The van der Waals surface area contributed by atoms with Crippen molar-refractivity contribution in [2.75, 3.05) is 19.6 Å². The predicted octanol–water partition coefficient (Wildman–Crippen LogP) is 1.33. The van der Waals surface area contributed by atoms with Crippen LogP contribution >= 0.6 is 0 Å². The number of nitrogens with one attached hydrogen (secondary N) is 1. The molecule has 0 bridgehead atoms. The number of carbonyl (C=O) groups excluding carboxylic acids is 1. The Balaban J connectivity index is 1.90. The molecule has 1 aliphatic heterocycles. The normalized spacial score (nSPS) is 17.6. The van der Waals surface area contributed by atoms with Gasteiger partial charge in [-0.1, -0.05) is 13.8 Å². The molecule has 1 amide bonds. The van der Waals surface area contributed by atoms with Crippen LogP contribution < -0.4 is 5.32 Å². The Hall–Kier alpha value is -1.49. The molecule has 1 atom stereocenters. The molecule has 104 valence electrons. The Morgan fingerprint density at radius 3 is 2.53 bits per heavy atom. The summed E-state index contributed by atoms with van der Waals surface area (Å²) < 4.78 is 0. The van der Waals surface area contributed by atoms with Crippen molar-refractivity contribution in [1.82, 2.24) is 20.2 Å². The SMILES string of the molecule is CC(C)C(CNC(=O)c1cncnc1)N1CCCC1. The zero-order chi connectivity index (χ0) is 13.7. The topological polar surface area (TPSA) is 58.1 Å². The average Bonchev–Trinajstić information content (AvgIpc) is 2.93. The maximum absolute atomic E-state index is 12.0. The van der Waals surface area contributed by atoms with Crippen LogP contribution in [-0.2, 0) is 0 Å². The monoisotopic (exact) mass is 262 g/mol. The van der Waals surface area contributed by atoms with Crippen LogP contribution in [0.3, 0.4) is 0 Å². The summed E-state index contributed by atoms with van der Waals surface area (Å²) in [7, 11) is 0. The van der Waals surface area contributed by atoms with Crippen LogP contribution in [0.1, 0.15) is 37.0 Å². The lowest BCUT2D eigenvalue weighted by molar-refractivity contribution is 0.0926. The third kappa shape index (κ3) is 3.73. The Morgan fingerprint density at radius 2 is 1.95 bits per heavy atom. The molecule has 2 heterocycles. The summed E-state index contributed by atoms with van der Waals surface area (Å²) in [5, 5.41) is 3.00. The number of likely N-dealkylation sites (tertiary alicyclic amines) is 1. The van der Waals surface area contributed by atoms with E-state index in [2.05, 4.69) is 34.0 Å². The fraction of sp³-hybridized carbons (Fsp3) is 0.643. The van der Waals surface area contributed by atoms with E-state index in [9.17, 15) is 4.79 Å². The molecular weight excluding hydrogens is 240 g/mol. The van der Waals surface area contributed by atoms with Crippen LogP contribution in [0.4, 0.5) is 0 Å². The average molecular weight is 262 g/mol. The molecule has 1 aromatic rings. The van der Waals surface area contributed by atoms with Crippen LogP contribution in [0.2, 0.25) is 0 Å². The third-order valence-electron chi connectivity index (χ3n) is 3.67. The van der Waals surface area contributed by atoms with Crippen molar-refractivity contribution in [3.63, 3.8) is 0 Å². The van der Waals surface area contributed by atoms with Crippen molar-refractivity contribution in [2.24, 2.45) is 5.92 Å². The minimum Gasteiger partial charge on any atom is -0.350 e. The van der Waals surface area contributed by atoms with Crippen molar-refractivity contribution >= 4 is 5.91 Å². The zero-order valence-electron chi connectivity index (χ0n) is 11.7. The van der Waals surface area contributed by atoms with Gasteiger partial charge in [0.15, 0.2) is 0 Å². The molecule has 5 heteroatoms. The lowest BCUT2D eigenvalue weighted by Crippen LogP contribution is -2.45. The summed E-state index contributed by atoms with van der Waals surface area (Å²) in [6.45, 7) is 7.40. The van der Waals surface area contributed by atoms with Crippen molar-refractivity contribution < 1.29 is 4.79 Å². The molecule has 0 aliphatic carbocycles. The van der Waals surface area contributed by atoms with E-state index in [1.54, 1.807) is 12.4 Å². The van der Waals surface area contributed by atoms with Crippen LogP contribution in [0, 0.1) is 5.92 Å². The van der Waals surface area contributed by atoms with Gasteiger partial charge < -0.3 is 5.32 Å². The fourth-order valence-electron chi connectivity index (χ4n) is 2.58. The lowest BCUT2D eigenvalue weighted by atomic mass is 10.0. The maximum atomic E-state index is 12.0. The Bertz CT molecular complexity index is 401. The fourth-order valence-corrected chi connectivity index (χ4v) is 2.58. The highest BCUT2D eigenvalue weighted by Gasteiger charge is 2.24. The van der Waals surface area contributed by atoms with E-state index in [4.69, 9.17) is 0 Å². The van der Waals surface area contributed by atoms with Crippen LogP contribution in [-0.4, -0.2) is 46.5 Å². The van der Waals surface area contributed by atoms with E-state index in [0.717, 1.165) is 13.1 Å². The Morgan fingerprint density at radius 1 is 1.32 bits per heavy atom. The molecule has 2 rings (SSSR count). The predicted molar refractivity (Wildman–Crippen MR) is 73.8 cm³/mol. The van der Waals surface area contributed by atoms with Gasteiger partial charge in [0.25, 0.3) is 5.91 Å². The number of nitrogens with zero attached hydrogens (tertiary/aromatic N) is 3. The number of rotatable bonds is 5. The molecule has 0 saturated carbocycles. The second-order valence-corrected chi connectivity index (χ2v) is 5.39. The largest absolute Gasteiger partial charge is 0.350 e. The summed E-state index contributed by atoms with van der Waals surface area (Å²) in [6, 6.07) is 0.413. The first-order chi connectivity index (χ1) is 9.18. The quantitative estimate of drug-likeness (QED) is 0.869. The van der Waals surface area contributed by atoms with Crippen molar-refractivity contribution in [3.8, 4) is 0 Å². The second-order valence-electron chi connectivity index (χ2n) is 5.39. The molecule has 5 nitrogen and oxygen atoms in total. The van der Waals surface area contributed by atoms with Gasteiger partial charge in [-0.3, -0.25) is 9.69 Å². The number of amides is 1. The van der Waals surface area contributed by atoms with Gasteiger partial charge in [0.05, 0.1) is 5.56 Å². The summed E-state index contributed by atoms with van der Waals surface area (Å²) in [5.41, 5.74) is 0.520. The first-order valence-corrected chi connectivity index (χ1v) is 6.95. The molecule has 1 unspecified atom stereocenters. The number of carbonyl (C=O) groups is 1. The van der Waals surface area contributed by atoms with E-state index in [1.807, 2.05) is 0 Å². The van der Waals surface area contributed by atoms with E-state index in [-0.39, 0.29) is 5.91 Å². The third-order valence-corrected chi connectivity index (χ3v) is 3.67.